The van der Waals surface area contributed by atoms with E-state index in [-0.39, 0.29) is 17.0 Å². The Labute approximate surface area is 189 Å². The van der Waals surface area contributed by atoms with Crippen LogP contribution in [-0.4, -0.2) is 45.5 Å². The molecule has 0 spiro atoms. The number of amides is 1. The maximum Gasteiger partial charge on any atom is 0.265 e. The molecule has 1 fully saturated rings. The van der Waals surface area contributed by atoms with E-state index in [1.807, 2.05) is 25.1 Å². The van der Waals surface area contributed by atoms with Crippen LogP contribution >= 0.6 is 0 Å². The molecule has 1 aliphatic heterocycles. The maximum atomic E-state index is 13.0. The zero-order valence-corrected chi connectivity index (χ0v) is 19.4. The second kappa shape index (κ2) is 8.87. The summed E-state index contributed by atoms with van der Waals surface area (Å²) in [4.78, 5) is 32.8. The predicted molar refractivity (Wildman–Crippen MR) is 128 cm³/mol. The van der Waals surface area contributed by atoms with Gasteiger partial charge in [-0.25, -0.2) is 4.98 Å². The molecule has 1 amide bonds. The Morgan fingerprint density at radius 3 is 2.59 bits per heavy atom. The molecule has 0 saturated carbocycles. The van der Waals surface area contributed by atoms with Crippen molar-refractivity contribution in [2.24, 2.45) is 5.92 Å². The molecule has 6 heteroatoms. The molecule has 1 saturated heterocycles. The summed E-state index contributed by atoms with van der Waals surface area (Å²) >= 11 is 0. The highest BCUT2D eigenvalue weighted by atomic mass is 16.1. The topological polar surface area (TPSA) is 67.2 Å². The number of nitrogens with zero attached hydrogens (tertiary/aromatic N) is 3. The fraction of sp³-hybridized carbons (Fsp3) is 0.423. The van der Waals surface area contributed by atoms with E-state index in [9.17, 15) is 9.59 Å². The molecule has 168 valence electrons. The number of fused-ring (bicyclic) bond motifs is 1. The van der Waals surface area contributed by atoms with E-state index >= 15 is 0 Å². The van der Waals surface area contributed by atoms with Crippen molar-refractivity contribution in [3.8, 4) is 5.69 Å². The van der Waals surface area contributed by atoms with Gasteiger partial charge in [-0.3, -0.25) is 19.1 Å². The first-order valence-corrected chi connectivity index (χ1v) is 11.4. The van der Waals surface area contributed by atoms with E-state index in [0.717, 1.165) is 13.1 Å². The maximum absolute atomic E-state index is 13.0. The van der Waals surface area contributed by atoms with Crippen molar-refractivity contribution in [2.75, 3.05) is 19.6 Å². The van der Waals surface area contributed by atoms with Crippen LogP contribution < -0.4 is 10.9 Å². The average molecular weight is 433 g/mol. The van der Waals surface area contributed by atoms with E-state index in [1.165, 1.54) is 12.8 Å². The lowest BCUT2D eigenvalue weighted by Gasteiger charge is -2.43. The molecular formula is C26H32N4O2. The summed E-state index contributed by atoms with van der Waals surface area (Å²) in [5, 5.41) is 3.67. The molecule has 1 N–H and O–H groups in total. The SMILES string of the molecule is Cc1nc2ccccc2c(=O)n1-c1ccc(C(=O)NCC(C)(C)N2CCCC(C)C2)cc1. The van der Waals surface area contributed by atoms with Crippen molar-refractivity contribution < 1.29 is 4.79 Å². The highest BCUT2D eigenvalue weighted by molar-refractivity contribution is 5.94. The molecular weight excluding hydrogens is 400 g/mol. The van der Waals surface area contributed by atoms with Gasteiger partial charge in [0.1, 0.15) is 5.82 Å². The van der Waals surface area contributed by atoms with Gasteiger partial charge in [-0.2, -0.15) is 0 Å². The van der Waals surface area contributed by atoms with Gasteiger partial charge >= 0.3 is 0 Å². The Morgan fingerprint density at radius 2 is 1.88 bits per heavy atom. The van der Waals surface area contributed by atoms with E-state index < -0.39 is 0 Å². The Balaban J connectivity index is 1.49. The number of hydrogen-bond donors (Lipinski definition) is 1. The van der Waals surface area contributed by atoms with Gasteiger partial charge in [-0.05, 0) is 82.5 Å². The van der Waals surface area contributed by atoms with Crippen molar-refractivity contribution in [3.05, 3.63) is 70.3 Å². The second-order valence-corrected chi connectivity index (χ2v) is 9.55. The van der Waals surface area contributed by atoms with Crippen molar-refractivity contribution in [3.63, 3.8) is 0 Å². The van der Waals surface area contributed by atoms with Gasteiger partial charge in [0.25, 0.3) is 11.5 Å². The van der Waals surface area contributed by atoms with Crippen LogP contribution in [0.3, 0.4) is 0 Å². The van der Waals surface area contributed by atoms with Crippen LogP contribution in [0.5, 0.6) is 0 Å². The van der Waals surface area contributed by atoms with Crippen LogP contribution in [0.15, 0.2) is 53.3 Å². The summed E-state index contributed by atoms with van der Waals surface area (Å²) in [7, 11) is 0. The number of benzene rings is 2. The first-order chi connectivity index (χ1) is 15.3. The number of carbonyl (C=O) groups excluding carboxylic acids is 1. The van der Waals surface area contributed by atoms with E-state index in [0.29, 0.717) is 40.4 Å². The minimum atomic E-state index is -0.109. The van der Waals surface area contributed by atoms with Crippen LogP contribution in [0, 0.1) is 12.8 Å². The number of para-hydroxylation sites is 1. The lowest BCUT2D eigenvalue weighted by atomic mass is 9.93. The summed E-state index contributed by atoms with van der Waals surface area (Å²) in [5.41, 5.74) is 1.77. The minimum absolute atomic E-state index is 0.0918. The van der Waals surface area contributed by atoms with E-state index in [4.69, 9.17) is 0 Å². The van der Waals surface area contributed by atoms with Crippen LogP contribution in [0.1, 0.15) is 49.8 Å². The van der Waals surface area contributed by atoms with Crippen molar-refractivity contribution in [2.45, 2.75) is 46.1 Å². The van der Waals surface area contributed by atoms with Gasteiger partial charge in [0.05, 0.1) is 16.6 Å². The van der Waals surface area contributed by atoms with Gasteiger partial charge in [-0.1, -0.05) is 19.1 Å². The Hall–Kier alpha value is -2.99. The molecule has 4 rings (SSSR count). The Kier molecular flexibility index (Phi) is 6.15. The molecule has 1 aromatic heterocycles. The van der Waals surface area contributed by atoms with Crippen LogP contribution in [0.25, 0.3) is 16.6 Å². The molecule has 6 nitrogen and oxygen atoms in total. The van der Waals surface area contributed by atoms with E-state index in [2.05, 4.69) is 36.0 Å². The lowest BCUT2D eigenvalue weighted by molar-refractivity contribution is 0.0657. The summed E-state index contributed by atoms with van der Waals surface area (Å²) in [6.07, 6.45) is 2.49. The zero-order valence-electron chi connectivity index (χ0n) is 19.4. The second-order valence-electron chi connectivity index (χ2n) is 9.55. The number of carbonyl (C=O) groups is 1. The molecule has 2 heterocycles. The first kappa shape index (κ1) is 22.2. The number of aryl methyl sites for hydroxylation is 1. The van der Waals surface area contributed by atoms with Crippen LogP contribution in [0.2, 0.25) is 0 Å². The minimum Gasteiger partial charge on any atom is -0.350 e. The normalized spacial score (nSPS) is 17.4. The molecule has 0 aliphatic carbocycles. The standard InChI is InChI=1S/C26H32N4O2/c1-18-8-7-15-29(16-18)26(3,4)17-27-24(31)20-11-13-21(14-12-20)30-19(2)28-23-10-6-5-9-22(23)25(30)32/h5-6,9-14,18H,7-8,15-17H2,1-4H3,(H,27,31). The van der Waals surface area contributed by atoms with Gasteiger partial charge in [0, 0.05) is 24.2 Å². The van der Waals surface area contributed by atoms with Crippen LogP contribution in [-0.2, 0) is 0 Å². The summed E-state index contributed by atoms with van der Waals surface area (Å²) in [6.45, 7) is 11.2. The molecule has 2 aromatic carbocycles. The highest BCUT2D eigenvalue weighted by Gasteiger charge is 2.30. The number of rotatable bonds is 5. The van der Waals surface area contributed by atoms with E-state index in [1.54, 1.807) is 34.9 Å². The smallest absolute Gasteiger partial charge is 0.265 e. The molecule has 3 aromatic rings. The number of hydrogen-bond acceptors (Lipinski definition) is 4. The molecule has 0 radical (unpaired) electrons. The van der Waals surface area contributed by atoms with Gasteiger partial charge in [0.15, 0.2) is 0 Å². The highest BCUT2D eigenvalue weighted by Crippen LogP contribution is 2.23. The molecule has 0 bridgehead atoms. The zero-order chi connectivity index (χ0) is 22.9. The number of likely N-dealkylation sites (tertiary alicyclic amines) is 1. The quantitative estimate of drug-likeness (QED) is 0.663. The lowest BCUT2D eigenvalue weighted by Crippen LogP contribution is -2.54. The number of nitrogens with one attached hydrogen (secondary N) is 1. The Bertz CT molecular complexity index is 1180. The average Bonchev–Trinajstić information content (AvgIpc) is 2.78. The predicted octanol–water partition coefficient (Wildman–Crippen LogP) is 3.93. The monoisotopic (exact) mass is 432 g/mol. The first-order valence-electron chi connectivity index (χ1n) is 11.4. The summed E-state index contributed by atoms with van der Waals surface area (Å²) in [5.74, 6) is 1.21. The summed E-state index contributed by atoms with van der Waals surface area (Å²) in [6, 6.07) is 14.5. The Morgan fingerprint density at radius 1 is 1.16 bits per heavy atom. The molecule has 1 aliphatic rings. The fourth-order valence-corrected chi connectivity index (χ4v) is 4.56. The summed E-state index contributed by atoms with van der Waals surface area (Å²) < 4.78 is 1.59. The number of piperidine rings is 1. The van der Waals surface area contributed by atoms with Crippen molar-refractivity contribution in [1.29, 1.82) is 0 Å². The van der Waals surface area contributed by atoms with Gasteiger partial charge in [0.2, 0.25) is 0 Å². The molecule has 1 atom stereocenters. The fourth-order valence-electron chi connectivity index (χ4n) is 4.56. The third-order valence-corrected chi connectivity index (χ3v) is 6.53. The third kappa shape index (κ3) is 4.46. The van der Waals surface area contributed by atoms with Crippen LogP contribution in [0.4, 0.5) is 0 Å². The molecule has 32 heavy (non-hydrogen) atoms. The third-order valence-electron chi connectivity index (χ3n) is 6.53. The van der Waals surface area contributed by atoms with Crippen molar-refractivity contribution in [1.82, 2.24) is 19.8 Å². The largest absolute Gasteiger partial charge is 0.350 e. The van der Waals surface area contributed by atoms with Crippen molar-refractivity contribution >= 4 is 16.8 Å². The molecule has 1 unspecified atom stereocenters. The number of aromatic nitrogens is 2. The van der Waals surface area contributed by atoms with Gasteiger partial charge < -0.3 is 5.32 Å². The van der Waals surface area contributed by atoms with Gasteiger partial charge in [-0.15, -0.1) is 0 Å².